The summed E-state index contributed by atoms with van der Waals surface area (Å²) >= 11 is 3.42. The molecule has 1 N–H and O–H groups in total. The average molecular weight is 339 g/mol. The van der Waals surface area contributed by atoms with Gasteiger partial charge in [-0.25, -0.2) is 0 Å². The monoisotopic (exact) mass is 338 g/mol. The normalized spacial score (nSPS) is 16.1. The Balaban J connectivity index is 2.03. The lowest BCUT2D eigenvalue weighted by atomic mass is 9.95. The topological polar surface area (TPSA) is 49.4 Å². The average Bonchev–Trinajstić information content (AvgIpc) is 2.45. The molecule has 5 heteroatoms. The molecule has 1 aromatic carbocycles. The minimum Gasteiger partial charge on any atom is -0.359 e. The Kier molecular flexibility index (Phi) is 4.81. The van der Waals surface area contributed by atoms with E-state index in [1.165, 1.54) is 0 Å². The van der Waals surface area contributed by atoms with E-state index in [9.17, 15) is 9.59 Å². The highest BCUT2D eigenvalue weighted by atomic mass is 79.9. The summed E-state index contributed by atoms with van der Waals surface area (Å²) in [5, 5.41) is 2.68. The first-order valence-electron chi connectivity index (χ1n) is 6.79. The lowest BCUT2D eigenvalue weighted by Gasteiger charge is -2.31. The maximum absolute atomic E-state index is 12.5. The van der Waals surface area contributed by atoms with Gasteiger partial charge in [0.15, 0.2) is 0 Å². The molecule has 2 amide bonds. The van der Waals surface area contributed by atoms with Gasteiger partial charge in [-0.3, -0.25) is 9.59 Å². The molecular formula is C15H19BrN2O2. The van der Waals surface area contributed by atoms with Crippen LogP contribution < -0.4 is 5.32 Å². The van der Waals surface area contributed by atoms with E-state index in [1.807, 2.05) is 30.0 Å². The summed E-state index contributed by atoms with van der Waals surface area (Å²) in [4.78, 5) is 25.9. The van der Waals surface area contributed by atoms with Crippen molar-refractivity contribution in [3.8, 4) is 0 Å². The number of hydrogen-bond donors (Lipinski definition) is 1. The Morgan fingerprint density at radius 1 is 1.25 bits per heavy atom. The number of halogens is 1. The molecule has 0 atom stereocenters. The second kappa shape index (κ2) is 6.39. The zero-order valence-corrected chi connectivity index (χ0v) is 13.4. The number of nitrogens with one attached hydrogen (secondary N) is 1. The number of carbonyl (C=O) groups is 2. The fourth-order valence-electron chi connectivity index (χ4n) is 2.59. The second-order valence-corrected chi connectivity index (χ2v) is 6.11. The van der Waals surface area contributed by atoms with Gasteiger partial charge in [0, 0.05) is 36.1 Å². The first-order chi connectivity index (χ1) is 9.51. The molecule has 20 heavy (non-hydrogen) atoms. The van der Waals surface area contributed by atoms with Crippen molar-refractivity contribution in [3.05, 3.63) is 33.8 Å². The van der Waals surface area contributed by atoms with Crippen molar-refractivity contribution in [3.63, 3.8) is 0 Å². The maximum atomic E-state index is 12.5. The Hall–Kier alpha value is -1.36. The largest absolute Gasteiger partial charge is 0.359 e. The van der Waals surface area contributed by atoms with Crippen LogP contribution in [0, 0.1) is 12.8 Å². The molecule has 1 fully saturated rings. The summed E-state index contributed by atoms with van der Waals surface area (Å²) < 4.78 is 0.918. The standard InChI is InChI=1S/C15H19BrN2O2/c1-10-7-12(9-13(16)8-10)15(20)18-5-3-11(4-6-18)14(19)17-2/h7-9,11H,3-6H2,1-2H3,(H,17,19). The van der Waals surface area contributed by atoms with Crippen LogP contribution in [0.3, 0.4) is 0 Å². The number of carbonyl (C=O) groups excluding carboxylic acids is 2. The molecular weight excluding hydrogens is 320 g/mol. The van der Waals surface area contributed by atoms with Gasteiger partial charge in [-0.1, -0.05) is 15.9 Å². The fourth-order valence-corrected chi connectivity index (χ4v) is 3.20. The zero-order valence-electron chi connectivity index (χ0n) is 11.8. The van der Waals surface area contributed by atoms with Crippen molar-refractivity contribution in [1.29, 1.82) is 0 Å². The number of aryl methyl sites for hydroxylation is 1. The molecule has 4 nitrogen and oxygen atoms in total. The highest BCUT2D eigenvalue weighted by Crippen LogP contribution is 2.21. The molecule has 1 aliphatic rings. The molecule has 1 saturated heterocycles. The third kappa shape index (κ3) is 3.39. The molecule has 0 bridgehead atoms. The van der Waals surface area contributed by atoms with Crippen molar-refractivity contribution in [1.82, 2.24) is 10.2 Å². The molecule has 2 rings (SSSR count). The Labute approximate surface area is 127 Å². The van der Waals surface area contributed by atoms with Gasteiger partial charge in [0.1, 0.15) is 0 Å². The van der Waals surface area contributed by atoms with E-state index in [4.69, 9.17) is 0 Å². The van der Waals surface area contributed by atoms with E-state index in [-0.39, 0.29) is 17.7 Å². The molecule has 0 saturated carbocycles. The van der Waals surface area contributed by atoms with Gasteiger partial charge in [0.05, 0.1) is 0 Å². The zero-order chi connectivity index (χ0) is 14.7. The van der Waals surface area contributed by atoms with E-state index in [0.717, 1.165) is 22.9 Å². The van der Waals surface area contributed by atoms with Gasteiger partial charge in [0.2, 0.25) is 5.91 Å². The van der Waals surface area contributed by atoms with Crippen LogP contribution in [0.2, 0.25) is 0 Å². The molecule has 1 heterocycles. The highest BCUT2D eigenvalue weighted by molar-refractivity contribution is 9.10. The summed E-state index contributed by atoms with van der Waals surface area (Å²) in [6.07, 6.45) is 1.47. The van der Waals surface area contributed by atoms with Crippen LogP contribution in [0.25, 0.3) is 0 Å². The van der Waals surface area contributed by atoms with Crippen molar-refractivity contribution >= 4 is 27.7 Å². The lowest BCUT2D eigenvalue weighted by Crippen LogP contribution is -2.42. The summed E-state index contributed by atoms with van der Waals surface area (Å²) in [5.41, 5.74) is 1.76. The Morgan fingerprint density at radius 2 is 1.90 bits per heavy atom. The van der Waals surface area contributed by atoms with Crippen molar-refractivity contribution in [2.75, 3.05) is 20.1 Å². The molecule has 0 unspecified atom stereocenters. The molecule has 0 aromatic heterocycles. The van der Waals surface area contributed by atoms with Gasteiger partial charge in [-0.15, -0.1) is 0 Å². The van der Waals surface area contributed by atoms with Gasteiger partial charge in [-0.2, -0.15) is 0 Å². The third-order valence-electron chi connectivity index (χ3n) is 3.69. The molecule has 108 valence electrons. The molecule has 1 aliphatic heterocycles. The number of benzene rings is 1. The number of rotatable bonds is 2. The van der Waals surface area contributed by atoms with Gasteiger partial charge in [-0.05, 0) is 43.5 Å². The number of amides is 2. The van der Waals surface area contributed by atoms with E-state index < -0.39 is 0 Å². The van der Waals surface area contributed by atoms with Crippen LogP contribution in [0.4, 0.5) is 0 Å². The fraction of sp³-hybridized carbons (Fsp3) is 0.467. The van der Waals surface area contributed by atoms with Gasteiger partial charge >= 0.3 is 0 Å². The SMILES string of the molecule is CNC(=O)C1CCN(C(=O)c2cc(C)cc(Br)c2)CC1. The summed E-state index contributed by atoms with van der Waals surface area (Å²) in [7, 11) is 1.66. The van der Waals surface area contributed by atoms with Crippen LogP contribution in [-0.4, -0.2) is 36.9 Å². The number of nitrogens with zero attached hydrogens (tertiary/aromatic N) is 1. The van der Waals surface area contributed by atoms with Gasteiger partial charge in [0.25, 0.3) is 5.91 Å². The van der Waals surface area contributed by atoms with Crippen molar-refractivity contribution < 1.29 is 9.59 Å². The number of likely N-dealkylation sites (tertiary alicyclic amines) is 1. The molecule has 1 aromatic rings. The Morgan fingerprint density at radius 3 is 2.45 bits per heavy atom. The van der Waals surface area contributed by atoms with Crippen molar-refractivity contribution in [2.24, 2.45) is 5.92 Å². The maximum Gasteiger partial charge on any atom is 0.253 e. The van der Waals surface area contributed by atoms with Crippen LogP contribution >= 0.6 is 15.9 Å². The van der Waals surface area contributed by atoms with Crippen LogP contribution in [0.5, 0.6) is 0 Å². The molecule has 0 spiro atoms. The summed E-state index contributed by atoms with van der Waals surface area (Å²) in [6, 6.07) is 5.73. The van der Waals surface area contributed by atoms with Crippen LogP contribution in [0.15, 0.2) is 22.7 Å². The number of hydrogen-bond acceptors (Lipinski definition) is 2. The van der Waals surface area contributed by atoms with Crippen LogP contribution in [-0.2, 0) is 4.79 Å². The van der Waals surface area contributed by atoms with E-state index in [0.29, 0.717) is 18.7 Å². The summed E-state index contributed by atoms with van der Waals surface area (Å²) in [5.74, 6) is 0.161. The quantitative estimate of drug-likeness (QED) is 0.899. The molecule has 0 aliphatic carbocycles. The summed E-state index contributed by atoms with van der Waals surface area (Å²) in [6.45, 7) is 3.25. The van der Waals surface area contributed by atoms with Gasteiger partial charge < -0.3 is 10.2 Å². The third-order valence-corrected chi connectivity index (χ3v) is 4.15. The first-order valence-corrected chi connectivity index (χ1v) is 7.58. The lowest BCUT2D eigenvalue weighted by molar-refractivity contribution is -0.125. The predicted octanol–water partition coefficient (Wildman–Crippen LogP) is 2.36. The minimum absolute atomic E-state index is 0.0355. The first kappa shape index (κ1) is 15.0. The van der Waals surface area contributed by atoms with E-state index in [2.05, 4.69) is 21.2 Å². The smallest absolute Gasteiger partial charge is 0.253 e. The highest BCUT2D eigenvalue weighted by Gasteiger charge is 2.27. The van der Waals surface area contributed by atoms with Crippen molar-refractivity contribution in [2.45, 2.75) is 19.8 Å². The second-order valence-electron chi connectivity index (χ2n) is 5.20. The van der Waals surface area contributed by atoms with E-state index >= 15 is 0 Å². The van der Waals surface area contributed by atoms with Crippen LogP contribution in [0.1, 0.15) is 28.8 Å². The Bertz CT molecular complexity index is 502. The minimum atomic E-state index is 0.0355. The van der Waals surface area contributed by atoms with E-state index in [1.54, 1.807) is 7.05 Å². The molecule has 0 radical (unpaired) electrons. The number of piperidine rings is 1. The predicted molar refractivity (Wildman–Crippen MR) is 81.6 cm³/mol.